The van der Waals surface area contributed by atoms with Gasteiger partial charge in [-0.25, -0.2) is 0 Å². The first-order chi connectivity index (χ1) is 56.2. The van der Waals surface area contributed by atoms with E-state index in [2.05, 4.69) is 426 Å². The van der Waals surface area contributed by atoms with E-state index in [1.807, 2.05) is 19.4 Å². The molecular formula is C114H132Cl5NP4Ru2-7. The van der Waals surface area contributed by atoms with Gasteiger partial charge < -0.3 is 64.7 Å². The van der Waals surface area contributed by atoms with Crippen LogP contribution < -0.4 is 69.0 Å². The van der Waals surface area contributed by atoms with Gasteiger partial charge in [0.15, 0.2) is 0 Å². The number of aryl methyl sites for hydroxylation is 16. The van der Waals surface area contributed by atoms with E-state index in [0.717, 1.165) is 0 Å². The van der Waals surface area contributed by atoms with Crippen molar-refractivity contribution in [3.8, 4) is 0 Å². The molecule has 16 aromatic rings. The van der Waals surface area contributed by atoms with E-state index in [1.165, 1.54) is 196 Å². The van der Waals surface area contributed by atoms with Crippen molar-refractivity contribution in [1.29, 1.82) is 0 Å². The molecule has 16 aromatic carbocycles. The molecule has 0 aromatic heterocycles. The van der Waals surface area contributed by atoms with Gasteiger partial charge in [0.1, 0.15) is 0 Å². The molecule has 1 radical (unpaired) electrons. The van der Waals surface area contributed by atoms with Gasteiger partial charge in [-0.3, -0.25) is 0 Å². The summed E-state index contributed by atoms with van der Waals surface area (Å²) in [5.41, 5.74) is 21.4. The van der Waals surface area contributed by atoms with Crippen LogP contribution in [0.3, 0.4) is 0 Å². The van der Waals surface area contributed by atoms with Crippen molar-refractivity contribution in [3.05, 3.63) is 464 Å². The van der Waals surface area contributed by atoms with E-state index in [0.29, 0.717) is 0 Å². The monoisotopic (exact) mass is 2020 g/mol. The van der Waals surface area contributed by atoms with Crippen LogP contribution in [0.25, 0.3) is 43.1 Å². The van der Waals surface area contributed by atoms with Crippen LogP contribution >= 0.6 is 82.9 Å². The van der Waals surface area contributed by atoms with Gasteiger partial charge in [-0.05, 0) is 273 Å². The first-order valence-corrected chi connectivity index (χ1v) is 53.8. The third-order valence-electron chi connectivity index (χ3n) is 19.7. The van der Waals surface area contributed by atoms with Gasteiger partial charge >= 0.3 is 69.1 Å². The summed E-state index contributed by atoms with van der Waals surface area (Å²) in [6.45, 7) is 35.2. The molecule has 671 valence electrons. The Balaban J connectivity index is 0.000000794. The Bertz CT molecular complexity index is 4970. The second kappa shape index (κ2) is 57.2. The van der Waals surface area contributed by atoms with Crippen LogP contribution in [-0.2, 0) is 30.3 Å². The average molecular weight is 2020 g/mol. The zero-order valence-electron chi connectivity index (χ0n) is 79.0. The Morgan fingerprint density at radius 2 is 0.270 bits per heavy atom. The maximum atomic E-state index is 4.85. The fourth-order valence-corrected chi connectivity index (χ4v) is 26.6. The Labute approximate surface area is 806 Å². The molecule has 0 aliphatic heterocycles. The van der Waals surface area contributed by atoms with Crippen LogP contribution in [-0.4, -0.2) is 14.1 Å². The molecule has 1 nitrogen and oxygen atoms in total. The molecule has 0 aliphatic carbocycles. The topological polar surface area (TPSA) is 16.6 Å². The third kappa shape index (κ3) is 33.4. The number of halogens is 5. The first-order valence-electron chi connectivity index (χ1n) is 39.5. The second-order valence-corrected chi connectivity index (χ2v) is 45.1. The number of fused-ring (bicyclic) bond motifs is 4. The Morgan fingerprint density at radius 3 is 0.381 bits per heavy atom. The molecule has 12 heteroatoms. The number of hydrogen-bond acceptors (Lipinski definition) is 0. The zero-order chi connectivity index (χ0) is 84.0. The Morgan fingerprint density at radius 1 is 0.167 bits per heavy atom. The van der Waals surface area contributed by atoms with E-state index >= 15 is 0 Å². The molecule has 0 saturated heterocycles. The van der Waals surface area contributed by atoms with E-state index < -0.39 is 31.7 Å². The summed E-state index contributed by atoms with van der Waals surface area (Å²) in [7, 11) is 21.1. The minimum absolute atomic E-state index is 0. The molecule has 0 saturated carbocycles. The van der Waals surface area contributed by atoms with Gasteiger partial charge in [0.25, 0.3) is 0 Å². The van der Waals surface area contributed by atoms with Gasteiger partial charge in [0.2, 0.25) is 0 Å². The van der Waals surface area contributed by atoms with E-state index in [1.54, 1.807) is 0 Å². The van der Waals surface area contributed by atoms with Crippen molar-refractivity contribution < 1.29 is 35.6 Å². The predicted molar refractivity (Wildman–Crippen MR) is 581 cm³/mol. The van der Waals surface area contributed by atoms with E-state index in [-0.39, 0.29) is 102 Å². The van der Waals surface area contributed by atoms with Crippen LogP contribution in [0, 0.1) is 170 Å². The fourth-order valence-electron chi connectivity index (χ4n) is 15.7. The number of benzene rings is 16. The van der Waals surface area contributed by atoms with Gasteiger partial charge in [-0.15, -0.1) is 0 Å². The van der Waals surface area contributed by atoms with E-state index in [9.17, 15) is 0 Å². The summed E-state index contributed by atoms with van der Waals surface area (Å²) < 4.78 is 0. The molecule has 0 heterocycles. The number of quaternary nitrogens is 1. The fraction of sp³-hybridized carbons (Fsp3) is 0.158. The third-order valence-corrected chi connectivity index (χ3v) is 29.1. The van der Waals surface area contributed by atoms with Crippen molar-refractivity contribution in [2.45, 2.75) is 111 Å². The van der Waals surface area contributed by atoms with Gasteiger partial charge in [0.05, 0.1) is 14.1 Å². The molecule has 0 bridgehead atoms. The molecule has 2 N–H and O–H groups in total. The number of hydrogen-bond donors (Lipinski definition) is 1. The van der Waals surface area contributed by atoms with Gasteiger partial charge in [0, 0.05) is 12.4 Å². The number of rotatable bonds is 12. The van der Waals surface area contributed by atoms with Crippen molar-refractivity contribution in [2.75, 3.05) is 14.1 Å². The summed E-state index contributed by atoms with van der Waals surface area (Å²) in [5, 5.41) is 29.6. The number of nitrogens with two attached hydrogens (primary N) is 1. The van der Waals surface area contributed by atoms with Crippen molar-refractivity contribution >= 4 is 190 Å². The van der Waals surface area contributed by atoms with Crippen molar-refractivity contribution in [3.63, 3.8) is 0 Å². The van der Waals surface area contributed by atoms with Crippen LogP contribution in [0.1, 0.15) is 89.0 Å². The zero-order valence-corrected chi connectivity index (χ0v) is 89.8. The maximum absolute atomic E-state index is 4.85. The molecule has 0 aliphatic rings. The van der Waals surface area contributed by atoms with Crippen molar-refractivity contribution in [1.82, 2.24) is 0 Å². The predicted octanol–water partition coefficient (Wildman–Crippen LogP) is 29.2. The molecule has 0 atom stereocenters. The molecule has 0 unspecified atom stereocenters. The van der Waals surface area contributed by atoms with E-state index in [4.69, 9.17) is 38.8 Å². The summed E-state index contributed by atoms with van der Waals surface area (Å²) in [5.74, 6) is 0. The van der Waals surface area contributed by atoms with Gasteiger partial charge in [-0.2, -0.15) is 0 Å². The summed E-state index contributed by atoms with van der Waals surface area (Å²) >= 11 is -0.691. The minimum atomic E-state index is -0.584. The first kappa shape index (κ1) is 117. The van der Waals surface area contributed by atoms with Crippen LogP contribution in [0.5, 0.6) is 0 Å². The summed E-state index contributed by atoms with van der Waals surface area (Å²) in [6.07, 6.45) is 0. The molecule has 0 amide bonds. The second-order valence-electron chi connectivity index (χ2n) is 30.9. The summed E-state index contributed by atoms with van der Waals surface area (Å²) in [4.78, 5) is 0. The molecule has 126 heavy (non-hydrogen) atoms. The normalized spacial score (nSPS) is 10.2. The quantitative estimate of drug-likeness (QED) is 0.0713. The average Bonchev–Trinajstić information content (AvgIpc) is 0.799. The molecule has 0 spiro atoms. The van der Waals surface area contributed by atoms with Gasteiger partial charge in [-0.1, -0.05) is 380 Å². The molecular weight excluding hydrogens is 1890 g/mol. The molecule has 0 fully saturated rings. The van der Waals surface area contributed by atoms with Crippen LogP contribution in [0.2, 0.25) is 0 Å². The Kier molecular flexibility index (Phi) is 53.1. The van der Waals surface area contributed by atoms with Crippen LogP contribution in [0.4, 0.5) is 0 Å². The van der Waals surface area contributed by atoms with Crippen molar-refractivity contribution in [2.24, 2.45) is 0 Å². The SMILES string of the molecule is C[NH2+]C.Cc1cc(C)cc(P(c2cc(C)cc(C)c2)c2ccc3ccccc3c2)c1.Cc1cc(C)cc(P(c2cc(C)cc(C)c2)c2ccc3ccccc3c2)c1.Cc1cc(C)cc(P(c2cc(C)cc(C)c2)c2ccc3ccccc3c2)c1.Cc1cc(C)cc(P(c2cc(C)cc(C)c2)c2ccc3ccccc3c2)c1.[CH3-].[CH3-].[CH3-].[CH3-].[CH3-].[CH3-].[CH3-].[CH3-].[Cl].[Cl][Ru][Cl].[Cl][Ru][Cl]. The standard InChI is InChI=1S/4C26H25P.C2H7N.8CH3.4ClH.Cl.2Ru/c4*1-18-11-19(2)14-25(13-18)27(26-15-20(3)12-21(4)16-26)24-10-9-22-7-5-6-8-23(22)17-24;1-3-2;;;;;;;;;;;;;;;/h4*5-17H,1-4H3;3H,1-2H3;8*1H3;4*1H;;;/q;;;;;8*-1;;;;;;2*+2/p-3. The Hall–Kier alpha value is -7.06. The molecule has 16 rings (SSSR count). The summed E-state index contributed by atoms with van der Waals surface area (Å²) in [6, 6.07) is 118. The van der Waals surface area contributed by atoms with Crippen LogP contribution in [0.15, 0.2) is 315 Å².